The number of β-amino-alcohol motifs (C(OH)–C–C–N with tert-alkyl or cyclic N) is 1. The van der Waals surface area contributed by atoms with Crippen LogP contribution in [0.2, 0.25) is 0 Å². The van der Waals surface area contributed by atoms with Crippen molar-refractivity contribution >= 4 is 0 Å². The van der Waals surface area contributed by atoms with Gasteiger partial charge in [0.2, 0.25) is 0 Å². The maximum atomic E-state index is 10.4. The number of nitrogens with zero attached hydrogens (tertiary/aromatic N) is 1. The van der Waals surface area contributed by atoms with Crippen LogP contribution in [0.25, 0.3) is 0 Å². The molecular formula is C17H25NO. The Balaban J connectivity index is 1.62. The summed E-state index contributed by atoms with van der Waals surface area (Å²) in [6.45, 7) is 7.44. The summed E-state index contributed by atoms with van der Waals surface area (Å²) in [6.07, 6.45) is 3.89. The third-order valence-corrected chi connectivity index (χ3v) is 5.15. The molecule has 1 aromatic rings. The molecule has 0 radical (unpaired) electrons. The molecule has 1 saturated carbocycles. The van der Waals surface area contributed by atoms with Crippen molar-refractivity contribution in [3.8, 4) is 0 Å². The zero-order valence-corrected chi connectivity index (χ0v) is 12.1. The smallest absolute Gasteiger partial charge is 0.0917 e. The summed E-state index contributed by atoms with van der Waals surface area (Å²) in [6, 6.07) is 6.33. The predicted molar refractivity (Wildman–Crippen MR) is 78.1 cm³/mol. The van der Waals surface area contributed by atoms with Gasteiger partial charge in [-0.1, -0.05) is 24.6 Å². The number of aryl methyl sites for hydroxylation is 2. The van der Waals surface area contributed by atoms with E-state index in [0.717, 1.165) is 23.9 Å². The minimum absolute atomic E-state index is 0.335. The van der Waals surface area contributed by atoms with Gasteiger partial charge < -0.3 is 5.11 Å². The van der Waals surface area contributed by atoms with E-state index in [4.69, 9.17) is 0 Å². The first-order valence-corrected chi connectivity index (χ1v) is 7.61. The van der Waals surface area contributed by atoms with Crippen molar-refractivity contribution in [2.75, 3.05) is 19.6 Å². The molecule has 0 aromatic heterocycles. The molecule has 1 aliphatic heterocycles. The van der Waals surface area contributed by atoms with Gasteiger partial charge in [0.25, 0.3) is 0 Å². The molecule has 3 rings (SSSR count). The van der Waals surface area contributed by atoms with Crippen LogP contribution in [0.5, 0.6) is 0 Å². The van der Waals surface area contributed by atoms with Crippen LogP contribution in [0.15, 0.2) is 18.2 Å². The number of hydrogen-bond acceptors (Lipinski definition) is 2. The van der Waals surface area contributed by atoms with Gasteiger partial charge in [0, 0.05) is 19.6 Å². The number of benzene rings is 1. The lowest BCUT2D eigenvalue weighted by Gasteiger charge is -2.21. The Morgan fingerprint density at radius 3 is 2.47 bits per heavy atom. The van der Waals surface area contributed by atoms with E-state index >= 15 is 0 Å². The fourth-order valence-corrected chi connectivity index (χ4v) is 3.80. The van der Waals surface area contributed by atoms with Gasteiger partial charge in [-0.25, -0.2) is 0 Å². The molecule has 19 heavy (non-hydrogen) atoms. The van der Waals surface area contributed by atoms with Gasteiger partial charge in [-0.15, -0.1) is 0 Å². The summed E-state index contributed by atoms with van der Waals surface area (Å²) in [5.41, 5.74) is 3.64. The Morgan fingerprint density at radius 1 is 1.16 bits per heavy atom. The van der Waals surface area contributed by atoms with Crippen LogP contribution in [0.3, 0.4) is 0 Å². The molecule has 104 valence electrons. The summed E-state index contributed by atoms with van der Waals surface area (Å²) >= 11 is 0. The summed E-state index contributed by atoms with van der Waals surface area (Å²) in [5, 5.41) is 10.4. The third kappa shape index (κ3) is 2.70. The summed E-state index contributed by atoms with van der Waals surface area (Å²) < 4.78 is 0. The lowest BCUT2D eigenvalue weighted by Crippen LogP contribution is -2.27. The van der Waals surface area contributed by atoms with Gasteiger partial charge >= 0.3 is 0 Å². The van der Waals surface area contributed by atoms with Crippen LogP contribution in [0.1, 0.15) is 42.1 Å². The zero-order chi connectivity index (χ0) is 13.4. The van der Waals surface area contributed by atoms with Crippen molar-refractivity contribution in [2.45, 2.75) is 39.2 Å². The van der Waals surface area contributed by atoms with E-state index in [2.05, 4.69) is 36.9 Å². The van der Waals surface area contributed by atoms with Crippen LogP contribution in [0, 0.1) is 25.7 Å². The highest BCUT2D eigenvalue weighted by Gasteiger charge is 2.36. The normalized spacial score (nSPS) is 28.6. The molecule has 3 atom stereocenters. The van der Waals surface area contributed by atoms with E-state index in [-0.39, 0.29) is 6.10 Å². The molecular weight excluding hydrogens is 234 g/mol. The topological polar surface area (TPSA) is 23.5 Å². The number of aliphatic hydroxyl groups is 1. The van der Waals surface area contributed by atoms with Gasteiger partial charge in [0.1, 0.15) is 0 Å². The van der Waals surface area contributed by atoms with E-state index < -0.39 is 0 Å². The van der Waals surface area contributed by atoms with Crippen LogP contribution in [-0.2, 0) is 0 Å². The van der Waals surface area contributed by atoms with Crippen molar-refractivity contribution < 1.29 is 5.11 Å². The van der Waals surface area contributed by atoms with Gasteiger partial charge in [-0.05, 0) is 55.2 Å². The van der Waals surface area contributed by atoms with E-state index in [0.29, 0.717) is 0 Å². The maximum Gasteiger partial charge on any atom is 0.0917 e. The number of hydrogen-bond donors (Lipinski definition) is 1. The highest BCUT2D eigenvalue weighted by molar-refractivity contribution is 5.31. The lowest BCUT2D eigenvalue weighted by molar-refractivity contribution is 0.122. The first kappa shape index (κ1) is 13.1. The maximum absolute atomic E-state index is 10.4. The van der Waals surface area contributed by atoms with Crippen molar-refractivity contribution in [3.63, 3.8) is 0 Å². The Kier molecular flexibility index (Phi) is 3.64. The van der Waals surface area contributed by atoms with E-state index in [9.17, 15) is 5.11 Å². The molecule has 2 aliphatic rings. The molecule has 2 nitrogen and oxygen atoms in total. The predicted octanol–water partition coefficient (Wildman–Crippen LogP) is 3.07. The second-order valence-corrected chi connectivity index (χ2v) is 6.53. The molecule has 1 heterocycles. The SMILES string of the molecule is Cc1ccc(C(O)CN2CC3CCCC3C2)cc1C. The van der Waals surface area contributed by atoms with E-state index in [1.807, 2.05) is 0 Å². The first-order valence-electron chi connectivity index (χ1n) is 7.61. The average Bonchev–Trinajstić information content (AvgIpc) is 2.93. The van der Waals surface area contributed by atoms with Gasteiger partial charge in [0.05, 0.1) is 6.10 Å². The highest BCUT2D eigenvalue weighted by Crippen LogP contribution is 2.38. The summed E-state index contributed by atoms with van der Waals surface area (Å²) in [4.78, 5) is 2.47. The molecule has 0 bridgehead atoms. The van der Waals surface area contributed by atoms with Crippen LogP contribution < -0.4 is 0 Å². The van der Waals surface area contributed by atoms with Gasteiger partial charge in [0.15, 0.2) is 0 Å². The largest absolute Gasteiger partial charge is 0.387 e. The third-order valence-electron chi connectivity index (χ3n) is 5.15. The standard InChI is InChI=1S/C17H25NO/c1-12-6-7-14(8-13(12)2)17(19)11-18-9-15-4-3-5-16(15)10-18/h6-8,15-17,19H,3-5,9-11H2,1-2H3. The summed E-state index contributed by atoms with van der Waals surface area (Å²) in [5.74, 6) is 1.82. The van der Waals surface area contributed by atoms with Crippen LogP contribution >= 0.6 is 0 Å². The highest BCUT2D eigenvalue weighted by atomic mass is 16.3. The number of aliphatic hydroxyl groups excluding tert-OH is 1. The minimum Gasteiger partial charge on any atom is -0.387 e. The van der Waals surface area contributed by atoms with Crippen LogP contribution in [0.4, 0.5) is 0 Å². The molecule has 0 spiro atoms. The van der Waals surface area contributed by atoms with Crippen LogP contribution in [-0.4, -0.2) is 29.6 Å². The molecule has 1 aromatic carbocycles. The fraction of sp³-hybridized carbons (Fsp3) is 0.647. The Morgan fingerprint density at radius 2 is 1.84 bits per heavy atom. The summed E-state index contributed by atoms with van der Waals surface area (Å²) in [7, 11) is 0. The molecule has 1 N–H and O–H groups in total. The molecule has 1 saturated heterocycles. The lowest BCUT2D eigenvalue weighted by atomic mass is 10.0. The van der Waals surface area contributed by atoms with Crippen molar-refractivity contribution in [3.05, 3.63) is 34.9 Å². The van der Waals surface area contributed by atoms with E-state index in [1.54, 1.807) is 0 Å². The minimum atomic E-state index is -0.335. The van der Waals surface area contributed by atoms with Crippen molar-refractivity contribution in [1.82, 2.24) is 4.90 Å². The second-order valence-electron chi connectivity index (χ2n) is 6.53. The number of fused-ring (bicyclic) bond motifs is 1. The van der Waals surface area contributed by atoms with E-state index in [1.165, 1.54) is 43.5 Å². The monoisotopic (exact) mass is 259 g/mol. The Hall–Kier alpha value is -0.860. The first-order chi connectivity index (χ1) is 9.13. The molecule has 3 unspecified atom stereocenters. The molecule has 1 aliphatic carbocycles. The quantitative estimate of drug-likeness (QED) is 0.902. The Labute approximate surface area is 116 Å². The average molecular weight is 259 g/mol. The molecule has 2 heteroatoms. The second kappa shape index (κ2) is 5.26. The van der Waals surface area contributed by atoms with Gasteiger partial charge in [-0.2, -0.15) is 0 Å². The number of rotatable bonds is 3. The molecule has 0 amide bonds. The number of likely N-dealkylation sites (tertiary alicyclic amines) is 1. The Bertz CT molecular complexity index is 445. The molecule has 2 fully saturated rings. The van der Waals surface area contributed by atoms with Gasteiger partial charge in [-0.3, -0.25) is 4.90 Å². The zero-order valence-electron chi connectivity index (χ0n) is 12.1. The van der Waals surface area contributed by atoms with Crippen molar-refractivity contribution in [1.29, 1.82) is 0 Å². The van der Waals surface area contributed by atoms with Crippen molar-refractivity contribution in [2.24, 2.45) is 11.8 Å². The fourth-order valence-electron chi connectivity index (χ4n) is 3.80.